The highest BCUT2D eigenvalue weighted by atomic mass is 16.6. The van der Waals surface area contributed by atoms with E-state index in [0.29, 0.717) is 26.1 Å². The van der Waals surface area contributed by atoms with Gasteiger partial charge in [-0.3, -0.25) is 4.90 Å². The van der Waals surface area contributed by atoms with E-state index in [2.05, 4.69) is 0 Å². The lowest BCUT2D eigenvalue weighted by atomic mass is 10.0. The molecular formula is C14H20N2O3. The van der Waals surface area contributed by atoms with Gasteiger partial charge in [-0.1, -0.05) is 12.1 Å². The predicted octanol–water partition coefficient (Wildman–Crippen LogP) is 1.75. The van der Waals surface area contributed by atoms with Gasteiger partial charge in [-0.25, -0.2) is 4.79 Å². The van der Waals surface area contributed by atoms with Crippen molar-refractivity contribution in [1.82, 2.24) is 4.90 Å². The van der Waals surface area contributed by atoms with E-state index in [1.807, 2.05) is 31.2 Å². The maximum Gasteiger partial charge on any atom is 0.410 e. The van der Waals surface area contributed by atoms with Crippen LogP contribution < -0.4 is 10.5 Å². The number of carbonyl (C=O) groups excluding carboxylic acids is 1. The first-order chi connectivity index (χ1) is 9.06. The molecule has 19 heavy (non-hydrogen) atoms. The fraction of sp³-hybridized carbons (Fsp3) is 0.500. The summed E-state index contributed by atoms with van der Waals surface area (Å²) in [6.45, 7) is 3.56. The van der Waals surface area contributed by atoms with Crippen LogP contribution in [0.5, 0.6) is 5.75 Å². The van der Waals surface area contributed by atoms with Crippen molar-refractivity contribution in [3.05, 3.63) is 29.8 Å². The quantitative estimate of drug-likeness (QED) is 0.880. The molecule has 0 spiro atoms. The van der Waals surface area contributed by atoms with Crippen molar-refractivity contribution in [2.24, 2.45) is 5.73 Å². The fourth-order valence-corrected chi connectivity index (χ4v) is 2.28. The van der Waals surface area contributed by atoms with E-state index in [-0.39, 0.29) is 6.09 Å². The Morgan fingerprint density at radius 2 is 2.11 bits per heavy atom. The first-order valence-electron chi connectivity index (χ1n) is 6.37. The van der Waals surface area contributed by atoms with Crippen LogP contribution in [0.1, 0.15) is 18.9 Å². The number of cyclic esters (lactones) is 1. The summed E-state index contributed by atoms with van der Waals surface area (Å²) in [5, 5.41) is 0. The van der Waals surface area contributed by atoms with Crippen molar-refractivity contribution in [3.63, 3.8) is 0 Å². The average molecular weight is 264 g/mol. The summed E-state index contributed by atoms with van der Waals surface area (Å²) in [5.41, 5.74) is 6.14. The normalized spacial score (nSPS) is 22.5. The molecule has 0 aromatic heterocycles. The van der Waals surface area contributed by atoms with Gasteiger partial charge in [-0.15, -0.1) is 0 Å². The number of ether oxygens (including phenoxy) is 2. The lowest BCUT2D eigenvalue weighted by Crippen LogP contribution is -2.33. The fourth-order valence-electron chi connectivity index (χ4n) is 2.28. The van der Waals surface area contributed by atoms with E-state index in [9.17, 15) is 4.79 Å². The number of hydrogen-bond acceptors (Lipinski definition) is 4. The van der Waals surface area contributed by atoms with E-state index in [0.717, 1.165) is 11.3 Å². The van der Waals surface area contributed by atoms with E-state index in [1.54, 1.807) is 12.0 Å². The summed E-state index contributed by atoms with van der Waals surface area (Å²) in [4.78, 5) is 13.5. The van der Waals surface area contributed by atoms with Crippen LogP contribution in [0.4, 0.5) is 4.79 Å². The lowest BCUT2D eigenvalue weighted by molar-refractivity contribution is 0.0669. The van der Waals surface area contributed by atoms with Crippen molar-refractivity contribution in [1.29, 1.82) is 0 Å². The number of nitrogens with two attached hydrogens (primary N) is 1. The number of methoxy groups -OCH3 is 1. The van der Waals surface area contributed by atoms with Crippen LogP contribution in [0, 0.1) is 0 Å². The van der Waals surface area contributed by atoms with Gasteiger partial charge < -0.3 is 15.2 Å². The molecule has 0 radical (unpaired) electrons. The van der Waals surface area contributed by atoms with Gasteiger partial charge in [0, 0.05) is 13.0 Å². The molecule has 5 nitrogen and oxygen atoms in total. The van der Waals surface area contributed by atoms with E-state index in [1.165, 1.54) is 0 Å². The molecule has 1 fully saturated rings. The minimum Gasteiger partial charge on any atom is -0.497 e. The molecule has 2 N–H and O–H groups in total. The highest BCUT2D eigenvalue weighted by Crippen LogP contribution is 2.26. The SMILES string of the molecule is COc1ccc(CN2CC(C)(CCN)OC2=O)cc1. The van der Waals surface area contributed by atoms with Crippen LogP contribution in [-0.2, 0) is 11.3 Å². The van der Waals surface area contributed by atoms with Gasteiger partial charge in [0.05, 0.1) is 13.7 Å². The Hall–Kier alpha value is -1.75. The minimum absolute atomic E-state index is 0.272. The predicted molar refractivity (Wildman–Crippen MR) is 72.0 cm³/mol. The van der Waals surface area contributed by atoms with Gasteiger partial charge in [-0.2, -0.15) is 0 Å². The van der Waals surface area contributed by atoms with Crippen molar-refractivity contribution in [2.75, 3.05) is 20.2 Å². The molecule has 0 aliphatic carbocycles. The molecule has 1 unspecified atom stereocenters. The molecule has 1 saturated heterocycles. The number of amides is 1. The van der Waals surface area contributed by atoms with Crippen LogP contribution >= 0.6 is 0 Å². The van der Waals surface area contributed by atoms with Crippen LogP contribution in [0.25, 0.3) is 0 Å². The zero-order valence-electron chi connectivity index (χ0n) is 11.4. The standard InChI is InChI=1S/C14H20N2O3/c1-14(7-8-15)10-16(13(17)19-14)9-11-3-5-12(18-2)6-4-11/h3-6H,7-10,15H2,1-2H3. The number of carbonyl (C=O) groups is 1. The molecule has 1 atom stereocenters. The van der Waals surface area contributed by atoms with Gasteiger partial charge in [0.15, 0.2) is 0 Å². The Balaban J connectivity index is 2.01. The molecule has 104 valence electrons. The van der Waals surface area contributed by atoms with E-state index < -0.39 is 5.60 Å². The summed E-state index contributed by atoms with van der Waals surface area (Å²) in [6.07, 6.45) is 0.407. The van der Waals surface area contributed by atoms with Gasteiger partial charge in [0.2, 0.25) is 0 Å². The molecule has 1 aromatic carbocycles. The van der Waals surface area contributed by atoms with Crippen LogP contribution in [0.15, 0.2) is 24.3 Å². The second-order valence-electron chi connectivity index (χ2n) is 5.06. The van der Waals surface area contributed by atoms with Gasteiger partial charge in [0.1, 0.15) is 11.4 Å². The molecule has 1 aromatic rings. The third kappa shape index (κ3) is 3.17. The average Bonchev–Trinajstić information content (AvgIpc) is 2.65. The largest absolute Gasteiger partial charge is 0.497 e. The Morgan fingerprint density at radius 3 is 2.68 bits per heavy atom. The molecule has 5 heteroatoms. The van der Waals surface area contributed by atoms with Crippen molar-refractivity contribution >= 4 is 6.09 Å². The highest BCUT2D eigenvalue weighted by molar-refractivity contribution is 5.70. The minimum atomic E-state index is -0.460. The van der Waals surface area contributed by atoms with Gasteiger partial charge in [-0.05, 0) is 31.2 Å². The zero-order chi connectivity index (χ0) is 13.9. The Labute approximate surface area is 113 Å². The number of hydrogen-bond donors (Lipinski definition) is 1. The highest BCUT2D eigenvalue weighted by Gasteiger charge is 2.40. The third-order valence-electron chi connectivity index (χ3n) is 3.32. The molecule has 0 bridgehead atoms. The van der Waals surface area contributed by atoms with Crippen LogP contribution in [0.2, 0.25) is 0 Å². The summed E-state index contributed by atoms with van der Waals surface area (Å²) in [7, 11) is 1.63. The topological polar surface area (TPSA) is 64.8 Å². The second kappa shape index (κ2) is 5.48. The molecule has 2 rings (SSSR count). The first-order valence-corrected chi connectivity index (χ1v) is 6.37. The molecular weight excluding hydrogens is 244 g/mol. The van der Waals surface area contributed by atoms with Crippen molar-refractivity contribution in [3.8, 4) is 5.75 Å². The summed E-state index contributed by atoms with van der Waals surface area (Å²) in [5.74, 6) is 0.806. The van der Waals surface area contributed by atoms with Gasteiger partial charge in [0.25, 0.3) is 0 Å². The van der Waals surface area contributed by atoms with Crippen LogP contribution in [0.3, 0.4) is 0 Å². The second-order valence-corrected chi connectivity index (χ2v) is 5.06. The summed E-state index contributed by atoms with van der Waals surface area (Å²) < 4.78 is 10.5. The molecule has 1 amide bonds. The van der Waals surface area contributed by atoms with Crippen LogP contribution in [-0.4, -0.2) is 36.8 Å². The third-order valence-corrected chi connectivity index (χ3v) is 3.32. The Bertz CT molecular complexity index is 447. The summed E-state index contributed by atoms with van der Waals surface area (Å²) in [6, 6.07) is 7.67. The first kappa shape index (κ1) is 13.7. The summed E-state index contributed by atoms with van der Waals surface area (Å²) >= 11 is 0. The maximum atomic E-state index is 11.8. The van der Waals surface area contributed by atoms with E-state index in [4.69, 9.17) is 15.2 Å². The Morgan fingerprint density at radius 1 is 1.42 bits per heavy atom. The maximum absolute atomic E-state index is 11.8. The zero-order valence-corrected chi connectivity index (χ0v) is 11.4. The Kier molecular flexibility index (Phi) is 3.95. The van der Waals surface area contributed by atoms with Gasteiger partial charge >= 0.3 is 6.09 Å². The van der Waals surface area contributed by atoms with Crippen molar-refractivity contribution < 1.29 is 14.3 Å². The molecule has 1 heterocycles. The number of benzene rings is 1. The molecule has 1 aliphatic heterocycles. The smallest absolute Gasteiger partial charge is 0.410 e. The molecule has 0 saturated carbocycles. The molecule has 1 aliphatic rings. The number of nitrogens with zero attached hydrogens (tertiary/aromatic N) is 1. The monoisotopic (exact) mass is 264 g/mol. The number of rotatable bonds is 5. The lowest BCUT2D eigenvalue weighted by Gasteiger charge is -2.20. The van der Waals surface area contributed by atoms with Crippen molar-refractivity contribution in [2.45, 2.75) is 25.5 Å². The van der Waals surface area contributed by atoms with E-state index >= 15 is 0 Å².